The Morgan fingerprint density at radius 2 is 2.27 bits per heavy atom. The molecule has 5 heteroatoms. The van der Waals surface area contributed by atoms with Crippen molar-refractivity contribution in [1.29, 1.82) is 0 Å². The highest BCUT2D eigenvalue weighted by atomic mass is 35.5. The van der Waals surface area contributed by atoms with E-state index in [2.05, 4.69) is 15.4 Å². The number of para-hydroxylation sites is 1. The van der Waals surface area contributed by atoms with Crippen LogP contribution >= 0.6 is 23.1 Å². The minimum absolute atomic E-state index is 0.186. The number of rotatable bonds is 1. The number of benzene rings is 1. The van der Waals surface area contributed by atoms with Gasteiger partial charge in [-0.1, -0.05) is 18.2 Å². The standard InChI is InChI=1S/C10H7ClN2OS/c11-10-12-9(15-13-10)7-5-14-8-4-2-1-3-6(7)8/h1-4,7H,5H2. The molecule has 0 bridgehead atoms. The van der Waals surface area contributed by atoms with Crippen LogP contribution in [0, 0.1) is 0 Å². The van der Waals surface area contributed by atoms with E-state index in [4.69, 9.17) is 16.3 Å². The van der Waals surface area contributed by atoms with Crippen LogP contribution in [0.3, 0.4) is 0 Å². The maximum absolute atomic E-state index is 5.71. The van der Waals surface area contributed by atoms with Crippen molar-refractivity contribution >= 4 is 23.1 Å². The average molecular weight is 239 g/mol. The quantitative estimate of drug-likeness (QED) is 0.766. The normalized spacial score (nSPS) is 18.6. The smallest absolute Gasteiger partial charge is 0.234 e. The van der Waals surface area contributed by atoms with Gasteiger partial charge < -0.3 is 4.74 Å². The van der Waals surface area contributed by atoms with Gasteiger partial charge in [0, 0.05) is 5.56 Å². The molecule has 0 aliphatic carbocycles. The average Bonchev–Trinajstić information content (AvgIpc) is 2.83. The van der Waals surface area contributed by atoms with Crippen LogP contribution < -0.4 is 4.74 Å². The molecule has 0 radical (unpaired) electrons. The molecule has 0 fully saturated rings. The summed E-state index contributed by atoms with van der Waals surface area (Å²) >= 11 is 7.05. The summed E-state index contributed by atoms with van der Waals surface area (Å²) in [7, 11) is 0. The van der Waals surface area contributed by atoms with Gasteiger partial charge >= 0.3 is 0 Å². The number of ether oxygens (including phenoxy) is 1. The van der Waals surface area contributed by atoms with Crippen molar-refractivity contribution in [1.82, 2.24) is 9.36 Å². The molecule has 0 N–H and O–H groups in total. The van der Waals surface area contributed by atoms with Crippen molar-refractivity contribution in [2.24, 2.45) is 0 Å². The molecule has 0 amide bonds. The van der Waals surface area contributed by atoms with E-state index >= 15 is 0 Å². The molecule has 1 aromatic heterocycles. The Bertz CT molecular complexity index is 500. The van der Waals surface area contributed by atoms with E-state index in [0.29, 0.717) is 11.9 Å². The zero-order valence-electron chi connectivity index (χ0n) is 7.68. The van der Waals surface area contributed by atoms with Gasteiger partial charge in [-0.2, -0.15) is 4.37 Å². The van der Waals surface area contributed by atoms with Crippen LogP contribution in [0.5, 0.6) is 5.75 Å². The molecule has 3 nitrogen and oxygen atoms in total. The summed E-state index contributed by atoms with van der Waals surface area (Å²) in [4.78, 5) is 4.18. The van der Waals surface area contributed by atoms with E-state index in [1.54, 1.807) is 0 Å². The van der Waals surface area contributed by atoms with Gasteiger partial charge in [0.25, 0.3) is 0 Å². The molecule has 1 aliphatic rings. The maximum Gasteiger partial charge on any atom is 0.234 e. The number of hydrogen-bond donors (Lipinski definition) is 0. The molecule has 2 heterocycles. The third kappa shape index (κ3) is 1.50. The summed E-state index contributed by atoms with van der Waals surface area (Å²) in [6.07, 6.45) is 0. The van der Waals surface area contributed by atoms with Gasteiger partial charge in [0.05, 0.1) is 5.92 Å². The monoisotopic (exact) mass is 238 g/mol. The Labute approximate surface area is 95.9 Å². The first-order chi connectivity index (χ1) is 7.34. The van der Waals surface area contributed by atoms with Crippen LogP contribution in [0.15, 0.2) is 24.3 Å². The highest BCUT2D eigenvalue weighted by molar-refractivity contribution is 7.05. The summed E-state index contributed by atoms with van der Waals surface area (Å²) < 4.78 is 9.55. The van der Waals surface area contributed by atoms with E-state index < -0.39 is 0 Å². The van der Waals surface area contributed by atoms with Gasteiger partial charge in [0.2, 0.25) is 5.28 Å². The topological polar surface area (TPSA) is 35.0 Å². The molecule has 2 aromatic rings. The highest BCUT2D eigenvalue weighted by Crippen LogP contribution is 2.38. The Hall–Kier alpha value is -1.13. The Morgan fingerprint density at radius 1 is 1.40 bits per heavy atom. The fourth-order valence-corrected chi connectivity index (χ4v) is 2.63. The minimum atomic E-state index is 0.186. The molecular formula is C10H7ClN2OS. The van der Waals surface area contributed by atoms with Crippen molar-refractivity contribution in [3.63, 3.8) is 0 Å². The van der Waals surface area contributed by atoms with E-state index in [-0.39, 0.29) is 5.92 Å². The molecule has 3 rings (SSSR count). The second-order valence-corrected chi connectivity index (χ2v) is 4.42. The third-order valence-corrected chi connectivity index (χ3v) is 3.51. The second kappa shape index (κ2) is 3.47. The van der Waals surface area contributed by atoms with Gasteiger partial charge in [-0.3, -0.25) is 0 Å². The molecule has 1 unspecified atom stereocenters. The van der Waals surface area contributed by atoms with Crippen LogP contribution in [0.2, 0.25) is 5.28 Å². The molecule has 76 valence electrons. The van der Waals surface area contributed by atoms with Crippen LogP contribution in [-0.2, 0) is 0 Å². The Morgan fingerprint density at radius 3 is 3.07 bits per heavy atom. The van der Waals surface area contributed by atoms with E-state index in [9.17, 15) is 0 Å². The zero-order valence-corrected chi connectivity index (χ0v) is 9.26. The molecular weight excluding hydrogens is 232 g/mol. The fraction of sp³-hybridized carbons (Fsp3) is 0.200. The molecule has 1 aliphatic heterocycles. The lowest BCUT2D eigenvalue weighted by molar-refractivity contribution is 0.343. The molecule has 0 saturated heterocycles. The highest BCUT2D eigenvalue weighted by Gasteiger charge is 2.27. The van der Waals surface area contributed by atoms with Crippen molar-refractivity contribution in [3.05, 3.63) is 40.1 Å². The van der Waals surface area contributed by atoms with Gasteiger partial charge in [-0.25, -0.2) is 4.98 Å². The van der Waals surface area contributed by atoms with E-state index in [0.717, 1.165) is 10.8 Å². The third-order valence-electron chi connectivity index (χ3n) is 2.41. The molecule has 15 heavy (non-hydrogen) atoms. The first-order valence-corrected chi connectivity index (χ1v) is 5.70. The summed E-state index contributed by atoms with van der Waals surface area (Å²) in [6, 6.07) is 8.00. The predicted octanol–water partition coefficient (Wildman–Crippen LogP) is 2.72. The summed E-state index contributed by atoms with van der Waals surface area (Å²) in [5, 5.41) is 1.24. The predicted molar refractivity (Wildman–Crippen MR) is 58.7 cm³/mol. The number of halogens is 1. The number of aromatic nitrogens is 2. The molecule has 0 spiro atoms. The van der Waals surface area contributed by atoms with Crippen molar-refractivity contribution in [3.8, 4) is 5.75 Å². The summed E-state index contributed by atoms with van der Waals surface area (Å²) in [5.74, 6) is 1.13. The lowest BCUT2D eigenvalue weighted by atomic mass is 10.0. The van der Waals surface area contributed by atoms with Crippen LogP contribution in [0.4, 0.5) is 0 Å². The van der Waals surface area contributed by atoms with E-state index in [1.165, 1.54) is 17.1 Å². The molecule has 1 atom stereocenters. The van der Waals surface area contributed by atoms with Crippen molar-refractivity contribution < 1.29 is 4.74 Å². The Kier molecular flexibility index (Phi) is 2.11. The second-order valence-electron chi connectivity index (χ2n) is 3.30. The first kappa shape index (κ1) is 9.12. The fourth-order valence-electron chi connectivity index (χ4n) is 1.72. The number of nitrogens with zero attached hydrogens (tertiary/aromatic N) is 2. The zero-order chi connectivity index (χ0) is 10.3. The van der Waals surface area contributed by atoms with Crippen molar-refractivity contribution in [2.75, 3.05) is 6.61 Å². The SMILES string of the molecule is Clc1nsc(C2COc3ccccc32)n1. The molecule has 1 aromatic carbocycles. The molecule has 0 saturated carbocycles. The van der Waals surface area contributed by atoms with Crippen LogP contribution in [0.25, 0.3) is 0 Å². The van der Waals surface area contributed by atoms with Gasteiger partial charge in [-0.15, -0.1) is 0 Å². The largest absolute Gasteiger partial charge is 0.492 e. The van der Waals surface area contributed by atoms with Gasteiger partial charge in [0.1, 0.15) is 17.4 Å². The maximum atomic E-state index is 5.71. The summed E-state index contributed by atoms with van der Waals surface area (Å²) in [6.45, 7) is 0.630. The van der Waals surface area contributed by atoms with Crippen LogP contribution in [0.1, 0.15) is 16.5 Å². The van der Waals surface area contributed by atoms with Gasteiger partial charge in [-0.05, 0) is 29.2 Å². The lowest BCUT2D eigenvalue weighted by Gasteiger charge is -2.02. The number of fused-ring (bicyclic) bond motifs is 1. The van der Waals surface area contributed by atoms with E-state index in [1.807, 2.05) is 18.2 Å². The lowest BCUT2D eigenvalue weighted by Crippen LogP contribution is -2.01. The summed E-state index contributed by atoms with van der Waals surface area (Å²) in [5.41, 5.74) is 1.17. The van der Waals surface area contributed by atoms with Crippen LogP contribution in [-0.4, -0.2) is 16.0 Å². The first-order valence-electron chi connectivity index (χ1n) is 4.55. The number of hydrogen-bond acceptors (Lipinski definition) is 4. The Balaban J connectivity index is 2.04. The van der Waals surface area contributed by atoms with Gasteiger partial charge in [0.15, 0.2) is 0 Å². The minimum Gasteiger partial charge on any atom is -0.492 e. The van der Waals surface area contributed by atoms with Crippen molar-refractivity contribution in [2.45, 2.75) is 5.92 Å².